The van der Waals surface area contributed by atoms with Gasteiger partial charge in [-0.3, -0.25) is 4.79 Å². The lowest BCUT2D eigenvalue weighted by molar-refractivity contribution is -0.131. The summed E-state index contributed by atoms with van der Waals surface area (Å²) in [5.41, 5.74) is 0.861. The summed E-state index contributed by atoms with van der Waals surface area (Å²) in [5.74, 6) is 1.78. The smallest absolute Gasteiger partial charge is 0.165 e. The molecule has 1 heterocycles. The largest absolute Gasteiger partial charge is 0.465 e. The minimum Gasteiger partial charge on any atom is -0.465 e. The molecule has 2 saturated carbocycles. The van der Waals surface area contributed by atoms with E-state index in [1.807, 2.05) is 18.2 Å². The molecule has 0 N–H and O–H groups in total. The van der Waals surface area contributed by atoms with Crippen molar-refractivity contribution >= 4 is 11.9 Å². The van der Waals surface area contributed by atoms with Gasteiger partial charge in [-0.2, -0.15) is 0 Å². The summed E-state index contributed by atoms with van der Waals surface area (Å²) in [5, 5.41) is 0. The Hall–Kier alpha value is -1.31. The molecule has 2 nitrogen and oxygen atoms in total. The summed E-state index contributed by atoms with van der Waals surface area (Å²) in [6.45, 7) is 2.17. The Morgan fingerprint density at radius 1 is 1.39 bits per heavy atom. The first-order chi connectivity index (χ1) is 8.70. The van der Waals surface area contributed by atoms with Gasteiger partial charge in [-0.25, -0.2) is 0 Å². The minimum absolute atomic E-state index is 0.102. The first-order valence-corrected chi connectivity index (χ1v) is 6.99. The van der Waals surface area contributed by atoms with E-state index in [1.165, 1.54) is 19.3 Å². The van der Waals surface area contributed by atoms with E-state index >= 15 is 0 Å². The molecule has 2 fully saturated rings. The van der Waals surface area contributed by atoms with E-state index < -0.39 is 0 Å². The Kier molecular flexibility index (Phi) is 2.89. The van der Waals surface area contributed by atoms with Crippen molar-refractivity contribution in [2.45, 2.75) is 45.4 Å². The number of carbonyl (C=O) groups excluding carboxylic acids is 1. The predicted octanol–water partition coefficient (Wildman–Crippen LogP) is 4.22. The van der Waals surface area contributed by atoms with E-state index in [1.54, 1.807) is 6.26 Å². The van der Waals surface area contributed by atoms with E-state index in [0.29, 0.717) is 11.7 Å². The monoisotopic (exact) mass is 244 g/mol. The van der Waals surface area contributed by atoms with Crippen LogP contribution in [0.25, 0.3) is 6.08 Å². The number of hydrogen-bond donors (Lipinski definition) is 0. The second kappa shape index (κ2) is 4.42. The molecule has 0 spiro atoms. The van der Waals surface area contributed by atoms with Gasteiger partial charge in [0.25, 0.3) is 0 Å². The van der Waals surface area contributed by atoms with Crippen LogP contribution in [-0.4, -0.2) is 5.78 Å². The average molecular weight is 244 g/mol. The van der Waals surface area contributed by atoms with E-state index in [9.17, 15) is 4.79 Å². The molecule has 96 valence electrons. The van der Waals surface area contributed by atoms with Crippen LogP contribution in [0.5, 0.6) is 0 Å². The molecule has 2 heteroatoms. The summed E-state index contributed by atoms with van der Waals surface area (Å²) in [7, 11) is 0. The van der Waals surface area contributed by atoms with Gasteiger partial charge in [0.05, 0.1) is 6.26 Å². The predicted molar refractivity (Wildman–Crippen MR) is 71.0 cm³/mol. The Balaban J connectivity index is 1.89. The lowest BCUT2D eigenvalue weighted by Crippen LogP contribution is -2.42. The molecule has 0 saturated heterocycles. The molecule has 1 aromatic rings. The lowest BCUT2D eigenvalue weighted by atomic mass is 9.58. The van der Waals surface area contributed by atoms with E-state index in [-0.39, 0.29) is 5.41 Å². The van der Waals surface area contributed by atoms with Gasteiger partial charge in [0, 0.05) is 5.41 Å². The van der Waals surface area contributed by atoms with Crippen LogP contribution in [0.3, 0.4) is 0 Å². The summed E-state index contributed by atoms with van der Waals surface area (Å²) >= 11 is 0. The van der Waals surface area contributed by atoms with Gasteiger partial charge in [-0.1, -0.05) is 19.8 Å². The van der Waals surface area contributed by atoms with E-state index in [0.717, 1.165) is 30.6 Å². The van der Waals surface area contributed by atoms with Crippen LogP contribution in [0.2, 0.25) is 0 Å². The SMILES string of the molecule is C[C@]12CCCC[C@H]1CC/C(=C/c1ccco1)C2=O. The zero-order valence-corrected chi connectivity index (χ0v) is 10.9. The Labute approximate surface area is 108 Å². The molecular weight excluding hydrogens is 224 g/mol. The van der Waals surface area contributed by atoms with Gasteiger partial charge >= 0.3 is 0 Å². The van der Waals surface area contributed by atoms with Crippen LogP contribution in [0.1, 0.15) is 51.2 Å². The highest BCUT2D eigenvalue weighted by molar-refractivity contribution is 6.04. The van der Waals surface area contributed by atoms with Crippen LogP contribution in [0, 0.1) is 11.3 Å². The number of furan rings is 1. The molecule has 2 aliphatic rings. The number of carbonyl (C=O) groups is 1. The highest BCUT2D eigenvalue weighted by atomic mass is 16.3. The summed E-state index contributed by atoms with van der Waals surface area (Å²) < 4.78 is 5.32. The van der Waals surface area contributed by atoms with Crippen molar-refractivity contribution in [2.75, 3.05) is 0 Å². The summed E-state index contributed by atoms with van der Waals surface area (Å²) in [4.78, 5) is 12.7. The molecule has 0 radical (unpaired) electrons. The molecule has 3 rings (SSSR count). The van der Waals surface area contributed by atoms with Gasteiger partial charge in [-0.15, -0.1) is 0 Å². The van der Waals surface area contributed by atoms with Crippen LogP contribution >= 0.6 is 0 Å². The molecular formula is C16H20O2. The molecule has 2 atom stereocenters. The first-order valence-electron chi connectivity index (χ1n) is 6.99. The van der Waals surface area contributed by atoms with Crippen LogP contribution < -0.4 is 0 Å². The van der Waals surface area contributed by atoms with Crippen molar-refractivity contribution < 1.29 is 9.21 Å². The van der Waals surface area contributed by atoms with Crippen LogP contribution in [0.15, 0.2) is 28.4 Å². The quantitative estimate of drug-likeness (QED) is 0.692. The number of Topliss-reactive ketones (excluding diaryl/α,β-unsaturated/α-hetero) is 1. The fraction of sp³-hybridized carbons (Fsp3) is 0.562. The van der Waals surface area contributed by atoms with Crippen molar-refractivity contribution in [2.24, 2.45) is 11.3 Å². The first kappa shape index (κ1) is 11.8. The van der Waals surface area contributed by atoms with Gasteiger partial charge in [0.1, 0.15) is 5.76 Å². The van der Waals surface area contributed by atoms with Crippen LogP contribution in [0.4, 0.5) is 0 Å². The zero-order valence-electron chi connectivity index (χ0n) is 10.9. The minimum atomic E-state index is -0.102. The number of ketones is 1. The average Bonchev–Trinajstić information content (AvgIpc) is 2.87. The lowest BCUT2D eigenvalue weighted by Gasteiger charge is -2.44. The van der Waals surface area contributed by atoms with Crippen molar-refractivity contribution in [3.05, 3.63) is 29.7 Å². The van der Waals surface area contributed by atoms with E-state index in [4.69, 9.17) is 4.42 Å². The molecule has 0 amide bonds. The normalized spacial score (nSPS) is 34.6. The zero-order chi connectivity index (χ0) is 12.6. The number of rotatable bonds is 1. The maximum Gasteiger partial charge on any atom is 0.165 e. The van der Waals surface area contributed by atoms with Gasteiger partial charge < -0.3 is 4.42 Å². The second-order valence-electron chi connectivity index (χ2n) is 5.91. The third kappa shape index (κ3) is 1.84. The molecule has 18 heavy (non-hydrogen) atoms. The summed E-state index contributed by atoms with van der Waals surface area (Å²) in [6.07, 6.45) is 10.5. The fourth-order valence-electron chi connectivity index (χ4n) is 3.66. The second-order valence-corrected chi connectivity index (χ2v) is 5.91. The topological polar surface area (TPSA) is 30.2 Å². The Bertz CT molecular complexity index is 469. The van der Waals surface area contributed by atoms with Crippen molar-refractivity contribution in [1.82, 2.24) is 0 Å². The third-order valence-corrected chi connectivity index (χ3v) is 4.83. The van der Waals surface area contributed by atoms with Gasteiger partial charge in [0.2, 0.25) is 0 Å². The maximum absolute atomic E-state index is 12.7. The van der Waals surface area contributed by atoms with E-state index in [2.05, 4.69) is 6.92 Å². The molecule has 1 aromatic heterocycles. The molecule has 0 bridgehead atoms. The summed E-state index contributed by atoms with van der Waals surface area (Å²) in [6, 6.07) is 3.78. The third-order valence-electron chi connectivity index (χ3n) is 4.83. The Morgan fingerprint density at radius 3 is 3.06 bits per heavy atom. The van der Waals surface area contributed by atoms with Crippen molar-refractivity contribution in [1.29, 1.82) is 0 Å². The van der Waals surface area contributed by atoms with Crippen molar-refractivity contribution in [3.63, 3.8) is 0 Å². The van der Waals surface area contributed by atoms with Crippen LogP contribution in [-0.2, 0) is 4.79 Å². The maximum atomic E-state index is 12.7. The van der Waals surface area contributed by atoms with Gasteiger partial charge in [-0.05, 0) is 55.4 Å². The Morgan fingerprint density at radius 2 is 2.28 bits per heavy atom. The molecule has 0 aliphatic heterocycles. The standard InChI is InChI=1S/C16H20O2/c1-16-9-3-2-5-13(16)8-7-12(15(16)17)11-14-6-4-10-18-14/h4,6,10-11,13H,2-3,5,7-9H2,1H3/b12-11-/t13-,16-/m0/s1. The molecule has 0 aromatic carbocycles. The molecule has 0 unspecified atom stereocenters. The number of allylic oxidation sites excluding steroid dienone is 1. The van der Waals surface area contributed by atoms with Crippen molar-refractivity contribution in [3.8, 4) is 0 Å². The van der Waals surface area contributed by atoms with Gasteiger partial charge in [0.15, 0.2) is 5.78 Å². The number of fused-ring (bicyclic) bond motifs is 1. The highest BCUT2D eigenvalue weighted by Gasteiger charge is 2.46. The highest BCUT2D eigenvalue weighted by Crippen LogP contribution is 2.49. The fourth-order valence-corrected chi connectivity index (χ4v) is 3.66. The molecule has 2 aliphatic carbocycles. The number of hydrogen-bond acceptors (Lipinski definition) is 2.